The van der Waals surface area contributed by atoms with Gasteiger partial charge in [0, 0.05) is 13.0 Å². The maximum atomic E-state index is 15.1. The van der Waals surface area contributed by atoms with E-state index in [1.165, 1.54) is 4.90 Å². The Hall–Kier alpha value is -5.66. The Morgan fingerprint density at radius 2 is 1.72 bits per heavy atom. The molecule has 13 heteroatoms. The SMILES string of the molecule is C=CCCC(=O)NC[C@@H](OC(=O)[C@@H]1[C@@H]2CC[C@]3(O2)[C@H](C(=O)N(CC=C)Cn2nnc4ccccc42)N([C@H](CO)c2ccccc2)C(=O)[C@@H]13)c1ccccc1. The van der Waals surface area contributed by atoms with Crippen LogP contribution in [-0.2, 0) is 35.3 Å². The van der Waals surface area contributed by atoms with E-state index in [1.807, 2.05) is 60.7 Å². The lowest BCUT2D eigenvalue weighted by molar-refractivity contribution is -0.161. The summed E-state index contributed by atoms with van der Waals surface area (Å²) >= 11 is 0. The molecule has 7 rings (SSSR count). The Bertz CT molecular complexity index is 2020. The Morgan fingerprint density at radius 3 is 2.43 bits per heavy atom. The fourth-order valence-electron chi connectivity index (χ4n) is 8.38. The summed E-state index contributed by atoms with van der Waals surface area (Å²) in [4.78, 5) is 60.0. The highest BCUT2D eigenvalue weighted by Gasteiger charge is 2.76. The fraction of sp³-hybridized carbons (Fsp3) is 0.366. The normalized spacial score (nSPS) is 23.8. The van der Waals surface area contributed by atoms with Crippen molar-refractivity contribution in [1.82, 2.24) is 30.1 Å². The summed E-state index contributed by atoms with van der Waals surface area (Å²) in [5, 5.41) is 22.3. The van der Waals surface area contributed by atoms with Crippen LogP contribution in [0.15, 0.2) is 110 Å². The molecular weight excluding hydrogens is 688 g/mol. The van der Waals surface area contributed by atoms with Gasteiger partial charge in [-0.05, 0) is 42.5 Å². The number of aliphatic hydroxyl groups is 1. The zero-order valence-corrected chi connectivity index (χ0v) is 29.9. The Labute approximate surface area is 313 Å². The summed E-state index contributed by atoms with van der Waals surface area (Å²) in [5.74, 6) is -3.86. The molecule has 3 amide bonds. The third-order valence-corrected chi connectivity index (χ3v) is 10.8. The highest BCUT2D eigenvalue weighted by atomic mass is 16.6. The minimum atomic E-state index is -1.38. The third-order valence-electron chi connectivity index (χ3n) is 10.8. The third kappa shape index (κ3) is 6.69. The predicted molar refractivity (Wildman–Crippen MR) is 198 cm³/mol. The average molecular weight is 733 g/mol. The van der Waals surface area contributed by atoms with Crippen molar-refractivity contribution in [2.75, 3.05) is 19.7 Å². The summed E-state index contributed by atoms with van der Waals surface area (Å²) in [5.41, 5.74) is 1.30. The van der Waals surface area contributed by atoms with Gasteiger partial charge in [0.05, 0.1) is 42.6 Å². The van der Waals surface area contributed by atoms with E-state index in [9.17, 15) is 19.5 Å². The van der Waals surface area contributed by atoms with E-state index in [0.29, 0.717) is 35.9 Å². The van der Waals surface area contributed by atoms with Gasteiger partial charge in [-0.2, -0.15) is 0 Å². The number of amides is 3. The lowest BCUT2D eigenvalue weighted by atomic mass is 9.70. The molecule has 4 heterocycles. The molecule has 280 valence electrons. The number of fused-ring (bicyclic) bond motifs is 2. The van der Waals surface area contributed by atoms with Crippen LogP contribution < -0.4 is 5.32 Å². The van der Waals surface area contributed by atoms with Gasteiger partial charge in [0.2, 0.25) is 17.7 Å². The van der Waals surface area contributed by atoms with Gasteiger partial charge in [0.15, 0.2) is 0 Å². The molecular formula is C41H44N6O7. The molecule has 2 bridgehead atoms. The number of carbonyl (C=O) groups excluding carboxylic acids is 4. The second-order valence-corrected chi connectivity index (χ2v) is 13.9. The monoisotopic (exact) mass is 732 g/mol. The highest BCUT2D eigenvalue weighted by molar-refractivity contribution is 5.98. The summed E-state index contributed by atoms with van der Waals surface area (Å²) < 4.78 is 14.5. The maximum absolute atomic E-state index is 15.1. The maximum Gasteiger partial charge on any atom is 0.313 e. The smallest absolute Gasteiger partial charge is 0.313 e. The molecule has 3 fully saturated rings. The van der Waals surface area contributed by atoms with Crippen LogP contribution in [0.3, 0.4) is 0 Å². The quantitative estimate of drug-likeness (QED) is 0.129. The molecule has 3 saturated heterocycles. The van der Waals surface area contributed by atoms with Crippen molar-refractivity contribution in [1.29, 1.82) is 0 Å². The molecule has 1 aromatic heterocycles. The molecule has 54 heavy (non-hydrogen) atoms. The summed E-state index contributed by atoms with van der Waals surface area (Å²) in [6.07, 6.45) is 3.23. The van der Waals surface area contributed by atoms with Gasteiger partial charge in [-0.15, -0.1) is 18.3 Å². The first-order valence-electron chi connectivity index (χ1n) is 18.3. The summed E-state index contributed by atoms with van der Waals surface area (Å²) in [6, 6.07) is 23.4. The largest absolute Gasteiger partial charge is 0.455 e. The lowest BCUT2D eigenvalue weighted by Crippen LogP contribution is -2.57. The molecule has 3 aliphatic heterocycles. The molecule has 0 aliphatic carbocycles. The number of nitrogens with one attached hydrogen (secondary N) is 1. The average Bonchev–Trinajstić information content (AvgIpc) is 3.96. The minimum absolute atomic E-state index is 0.00590. The number of para-hydroxylation sites is 1. The molecule has 0 saturated carbocycles. The van der Waals surface area contributed by atoms with E-state index in [1.54, 1.807) is 46.0 Å². The molecule has 1 spiro atoms. The topological polar surface area (TPSA) is 156 Å². The van der Waals surface area contributed by atoms with E-state index in [-0.39, 0.29) is 32.1 Å². The molecule has 4 aromatic rings. The van der Waals surface area contributed by atoms with Crippen LogP contribution in [0.5, 0.6) is 0 Å². The number of hydrogen-bond acceptors (Lipinski definition) is 9. The number of carbonyl (C=O) groups is 4. The zero-order chi connectivity index (χ0) is 37.8. The van der Waals surface area contributed by atoms with Gasteiger partial charge >= 0.3 is 5.97 Å². The minimum Gasteiger partial charge on any atom is -0.455 e. The highest BCUT2D eigenvalue weighted by Crippen LogP contribution is 2.60. The van der Waals surface area contributed by atoms with Gasteiger partial charge in [0.1, 0.15) is 29.9 Å². The summed E-state index contributed by atoms with van der Waals surface area (Å²) in [6.45, 7) is 7.23. The number of aromatic nitrogens is 3. The number of allylic oxidation sites excluding steroid dienone is 1. The molecule has 2 N–H and O–H groups in total. The van der Waals surface area contributed by atoms with Crippen LogP contribution in [0, 0.1) is 11.8 Å². The molecule has 0 unspecified atom stereocenters. The number of benzene rings is 3. The van der Waals surface area contributed by atoms with Crippen molar-refractivity contribution in [2.45, 2.75) is 62.2 Å². The first-order valence-corrected chi connectivity index (χ1v) is 18.3. The van der Waals surface area contributed by atoms with E-state index in [0.717, 1.165) is 5.52 Å². The molecule has 3 aromatic carbocycles. The number of hydrogen-bond donors (Lipinski definition) is 2. The summed E-state index contributed by atoms with van der Waals surface area (Å²) in [7, 11) is 0. The van der Waals surface area contributed by atoms with Gasteiger partial charge in [-0.3, -0.25) is 19.2 Å². The number of rotatable bonds is 16. The van der Waals surface area contributed by atoms with Crippen molar-refractivity contribution in [2.24, 2.45) is 11.8 Å². The van der Waals surface area contributed by atoms with Crippen LogP contribution in [0.2, 0.25) is 0 Å². The van der Waals surface area contributed by atoms with Crippen LogP contribution in [0.4, 0.5) is 0 Å². The van der Waals surface area contributed by atoms with E-state index in [4.69, 9.17) is 9.47 Å². The van der Waals surface area contributed by atoms with Crippen molar-refractivity contribution in [3.8, 4) is 0 Å². The van der Waals surface area contributed by atoms with Crippen LogP contribution >= 0.6 is 0 Å². The molecule has 13 nitrogen and oxygen atoms in total. The number of aliphatic hydroxyl groups excluding tert-OH is 1. The van der Waals surface area contributed by atoms with Gasteiger partial charge < -0.3 is 29.7 Å². The number of ether oxygens (including phenoxy) is 2. The van der Waals surface area contributed by atoms with Crippen molar-refractivity contribution in [3.63, 3.8) is 0 Å². The lowest BCUT2D eigenvalue weighted by Gasteiger charge is -2.39. The van der Waals surface area contributed by atoms with Gasteiger partial charge in [-0.25, -0.2) is 4.68 Å². The Kier molecular flexibility index (Phi) is 10.7. The van der Waals surface area contributed by atoms with Crippen molar-refractivity contribution < 1.29 is 33.8 Å². The number of nitrogens with zero attached hydrogens (tertiary/aromatic N) is 5. The second-order valence-electron chi connectivity index (χ2n) is 13.9. The molecule has 7 atom stereocenters. The van der Waals surface area contributed by atoms with Gasteiger partial charge in [-0.1, -0.05) is 90.2 Å². The van der Waals surface area contributed by atoms with Crippen LogP contribution in [-0.4, -0.2) is 91.0 Å². The van der Waals surface area contributed by atoms with Crippen molar-refractivity contribution in [3.05, 3.63) is 121 Å². The van der Waals surface area contributed by atoms with Crippen LogP contribution in [0.1, 0.15) is 49.0 Å². The van der Waals surface area contributed by atoms with E-state index < -0.39 is 66.1 Å². The second kappa shape index (κ2) is 15.7. The zero-order valence-electron chi connectivity index (χ0n) is 29.9. The Balaban J connectivity index is 1.24. The first kappa shape index (κ1) is 36.7. The first-order chi connectivity index (χ1) is 26.3. The van der Waals surface area contributed by atoms with Gasteiger partial charge in [0.25, 0.3) is 0 Å². The van der Waals surface area contributed by atoms with E-state index in [2.05, 4.69) is 28.8 Å². The number of likely N-dealkylation sites (tertiary alicyclic amines) is 1. The molecule has 0 radical (unpaired) electrons. The standard InChI is InChI=1S/C41H44N6O7/c1-3-5-20-34(49)42-24-33(28-16-10-7-11-17-28)53-40(52)35-32-21-22-41(54-32)36(35)38(50)47(31(25-48)27-14-8-6-9-15-27)37(41)39(51)45(23-4-2)26-46-30-19-13-12-18-29(30)43-44-46/h3-4,6-19,31-33,35-37,48H,1-2,5,20-26H2,(H,42,49)/t31-,32+,33-,35-,36-,37+,41-/m1/s1. The van der Waals surface area contributed by atoms with E-state index >= 15 is 4.79 Å². The predicted octanol–water partition coefficient (Wildman–Crippen LogP) is 3.88. The Morgan fingerprint density at radius 1 is 1.02 bits per heavy atom. The number of esters is 1. The van der Waals surface area contributed by atoms with Crippen LogP contribution in [0.25, 0.3) is 11.0 Å². The fourth-order valence-corrected chi connectivity index (χ4v) is 8.38. The van der Waals surface area contributed by atoms with Crippen molar-refractivity contribution >= 4 is 34.7 Å². The molecule has 3 aliphatic rings.